The number of hydrogen-bond donors (Lipinski definition) is 2. The summed E-state index contributed by atoms with van der Waals surface area (Å²) in [5.41, 5.74) is 0.721. The highest BCUT2D eigenvalue weighted by atomic mass is 35.5. The van der Waals surface area contributed by atoms with Crippen LogP contribution in [-0.4, -0.2) is 41.1 Å². The number of hydrogen-bond acceptors (Lipinski definition) is 5. The van der Waals surface area contributed by atoms with E-state index in [1.165, 1.54) is 12.1 Å². The van der Waals surface area contributed by atoms with E-state index in [1.54, 1.807) is 0 Å². The van der Waals surface area contributed by atoms with Gasteiger partial charge in [-0.15, -0.1) is 24.8 Å². The normalized spacial score (nSPS) is 16.0. The minimum Gasteiger partial charge on any atom is -0.502 e. The molecule has 1 aromatic carbocycles. The summed E-state index contributed by atoms with van der Waals surface area (Å²) in [6.45, 7) is 5.94. The molecule has 1 fully saturated rings. The number of nitrogens with zero attached hydrogens (tertiary/aromatic N) is 2. The molecule has 23 heavy (non-hydrogen) atoms. The van der Waals surface area contributed by atoms with E-state index in [4.69, 9.17) is 0 Å². The van der Waals surface area contributed by atoms with Crippen LogP contribution in [-0.2, 0) is 0 Å². The lowest BCUT2D eigenvalue weighted by Gasteiger charge is -2.35. The van der Waals surface area contributed by atoms with Gasteiger partial charge >= 0.3 is 5.69 Å². The zero-order chi connectivity index (χ0) is 15.2. The van der Waals surface area contributed by atoms with Gasteiger partial charge in [-0.2, -0.15) is 0 Å². The number of piperazine rings is 1. The Morgan fingerprint density at radius 2 is 2.00 bits per heavy atom. The van der Waals surface area contributed by atoms with Crippen LogP contribution in [0.2, 0.25) is 0 Å². The predicted octanol–water partition coefficient (Wildman–Crippen LogP) is 3.28. The standard InChI is InChI=1S/C15H23N3O3.2ClH/c1-2-3-4-13(17-9-7-16-8-10-17)12-5-6-15(19)14(11-12)18(20)21;;/h5-6,11,13,16,19H,2-4,7-10H2,1H3;2*1H/t13-;;/m0../s1. The Labute approximate surface area is 149 Å². The van der Waals surface area contributed by atoms with Crippen molar-refractivity contribution in [1.82, 2.24) is 10.2 Å². The molecule has 0 spiro atoms. The highest BCUT2D eigenvalue weighted by molar-refractivity contribution is 5.85. The molecule has 2 N–H and O–H groups in total. The lowest BCUT2D eigenvalue weighted by molar-refractivity contribution is -0.386. The second-order valence-corrected chi connectivity index (χ2v) is 5.45. The minimum absolute atomic E-state index is 0. The minimum atomic E-state index is -0.520. The molecule has 0 radical (unpaired) electrons. The maximum atomic E-state index is 11.0. The van der Waals surface area contributed by atoms with Crippen molar-refractivity contribution in [2.45, 2.75) is 32.2 Å². The third kappa shape index (κ3) is 5.80. The van der Waals surface area contributed by atoms with E-state index in [-0.39, 0.29) is 42.3 Å². The first kappa shape index (κ1) is 21.9. The van der Waals surface area contributed by atoms with E-state index < -0.39 is 4.92 Å². The molecule has 1 atom stereocenters. The molecule has 1 aliphatic heterocycles. The second-order valence-electron chi connectivity index (χ2n) is 5.45. The van der Waals surface area contributed by atoms with Gasteiger partial charge in [0.2, 0.25) is 0 Å². The van der Waals surface area contributed by atoms with Gasteiger partial charge < -0.3 is 10.4 Å². The van der Waals surface area contributed by atoms with E-state index in [9.17, 15) is 15.2 Å². The van der Waals surface area contributed by atoms with E-state index in [0.29, 0.717) is 0 Å². The number of nitro benzene ring substituents is 1. The van der Waals surface area contributed by atoms with Crippen molar-refractivity contribution >= 4 is 30.5 Å². The molecule has 1 heterocycles. The molecule has 0 aromatic heterocycles. The van der Waals surface area contributed by atoms with Crippen molar-refractivity contribution in [1.29, 1.82) is 0 Å². The highest BCUT2D eigenvalue weighted by Crippen LogP contribution is 2.33. The molecule has 1 aliphatic rings. The van der Waals surface area contributed by atoms with Crippen molar-refractivity contribution in [3.63, 3.8) is 0 Å². The van der Waals surface area contributed by atoms with Crippen LogP contribution in [0.5, 0.6) is 5.75 Å². The molecule has 0 unspecified atom stereocenters. The number of halogens is 2. The number of phenols is 1. The van der Waals surface area contributed by atoms with Crippen LogP contribution in [0.4, 0.5) is 5.69 Å². The number of nitrogens with one attached hydrogen (secondary N) is 1. The van der Waals surface area contributed by atoms with Crippen molar-refractivity contribution in [3.8, 4) is 5.75 Å². The Bertz CT molecular complexity index is 497. The number of rotatable bonds is 6. The van der Waals surface area contributed by atoms with E-state index in [0.717, 1.165) is 51.0 Å². The van der Waals surface area contributed by atoms with Gasteiger partial charge in [0.05, 0.1) is 4.92 Å². The second kappa shape index (κ2) is 10.6. The molecule has 6 nitrogen and oxygen atoms in total. The summed E-state index contributed by atoms with van der Waals surface area (Å²) in [4.78, 5) is 12.9. The summed E-state index contributed by atoms with van der Waals surface area (Å²) in [6, 6.07) is 4.96. The van der Waals surface area contributed by atoms with E-state index in [2.05, 4.69) is 17.1 Å². The summed E-state index contributed by atoms with van der Waals surface area (Å²) in [6.07, 6.45) is 3.17. The average molecular weight is 366 g/mol. The van der Waals surface area contributed by atoms with Crippen LogP contribution < -0.4 is 5.32 Å². The molecular weight excluding hydrogens is 341 g/mol. The number of benzene rings is 1. The molecule has 8 heteroatoms. The Kier molecular flexibility index (Phi) is 10.1. The first-order valence-corrected chi connectivity index (χ1v) is 7.55. The SMILES string of the molecule is CCCC[C@@H](c1ccc(O)c([N+](=O)[O-])c1)N1CCNCC1.Cl.Cl. The Morgan fingerprint density at radius 3 is 2.57 bits per heavy atom. The zero-order valence-electron chi connectivity index (χ0n) is 13.2. The molecule has 1 saturated heterocycles. The van der Waals surface area contributed by atoms with Gasteiger partial charge in [0.15, 0.2) is 5.75 Å². The Hall–Kier alpha value is -1.08. The first-order valence-electron chi connectivity index (χ1n) is 7.55. The fraction of sp³-hybridized carbons (Fsp3) is 0.600. The molecule has 0 amide bonds. The third-order valence-electron chi connectivity index (χ3n) is 4.00. The van der Waals surface area contributed by atoms with Crippen LogP contribution in [0.1, 0.15) is 37.8 Å². The molecule has 2 rings (SSSR count). The van der Waals surface area contributed by atoms with Gasteiger partial charge in [0, 0.05) is 38.3 Å². The molecule has 1 aromatic rings. The Balaban J connectivity index is 0.00000242. The van der Waals surface area contributed by atoms with E-state index in [1.807, 2.05) is 6.07 Å². The van der Waals surface area contributed by atoms with Crippen LogP contribution in [0, 0.1) is 10.1 Å². The van der Waals surface area contributed by atoms with Crippen molar-refractivity contribution in [3.05, 3.63) is 33.9 Å². The zero-order valence-corrected chi connectivity index (χ0v) is 14.9. The van der Waals surface area contributed by atoms with Crippen LogP contribution >= 0.6 is 24.8 Å². The number of unbranched alkanes of at least 4 members (excludes halogenated alkanes) is 1. The fourth-order valence-corrected chi connectivity index (χ4v) is 2.85. The van der Waals surface area contributed by atoms with Crippen molar-refractivity contribution < 1.29 is 10.0 Å². The lowest BCUT2D eigenvalue weighted by Crippen LogP contribution is -2.45. The molecular formula is C15H25Cl2N3O3. The number of nitro groups is 1. The monoisotopic (exact) mass is 365 g/mol. The maximum absolute atomic E-state index is 11.0. The van der Waals surface area contributed by atoms with Crippen LogP contribution in [0.15, 0.2) is 18.2 Å². The quantitative estimate of drug-likeness (QED) is 0.597. The fourth-order valence-electron chi connectivity index (χ4n) is 2.85. The maximum Gasteiger partial charge on any atom is 0.311 e. The third-order valence-corrected chi connectivity index (χ3v) is 4.00. The average Bonchev–Trinajstić information content (AvgIpc) is 2.50. The smallest absolute Gasteiger partial charge is 0.311 e. The topological polar surface area (TPSA) is 78.6 Å². The number of phenolic OH excluding ortho intramolecular Hbond substituents is 1. The molecule has 0 bridgehead atoms. The summed E-state index contributed by atoms with van der Waals surface area (Å²) in [5.74, 6) is -0.265. The number of aromatic hydroxyl groups is 1. The van der Waals surface area contributed by atoms with E-state index >= 15 is 0 Å². The van der Waals surface area contributed by atoms with Crippen molar-refractivity contribution in [2.24, 2.45) is 0 Å². The van der Waals surface area contributed by atoms with Crippen molar-refractivity contribution in [2.75, 3.05) is 26.2 Å². The molecule has 132 valence electrons. The predicted molar refractivity (Wildman–Crippen MR) is 96.0 cm³/mol. The Morgan fingerprint density at radius 1 is 1.35 bits per heavy atom. The summed E-state index contributed by atoms with van der Waals surface area (Å²) in [5, 5.41) is 23.9. The first-order chi connectivity index (χ1) is 10.1. The van der Waals surface area contributed by atoms with Gasteiger partial charge in [-0.05, 0) is 18.1 Å². The van der Waals surface area contributed by atoms with Gasteiger partial charge in [0.25, 0.3) is 0 Å². The van der Waals surface area contributed by atoms with Crippen LogP contribution in [0.25, 0.3) is 0 Å². The summed E-state index contributed by atoms with van der Waals surface area (Å²) in [7, 11) is 0. The van der Waals surface area contributed by atoms with Gasteiger partial charge in [0.1, 0.15) is 0 Å². The molecule has 0 saturated carbocycles. The lowest BCUT2D eigenvalue weighted by atomic mass is 9.98. The summed E-state index contributed by atoms with van der Waals surface area (Å²) >= 11 is 0. The van der Waals surface area contributed by atoms with Gasteiger partial charge in [-0.1, -0.05) is 25.8 Å². The van der Waals surface area contributed by atoms with Gasteiger partial charge in [-0.3, -0.25) is 15.0 Å². The molecule has 0 aliphatic carbocycles. The largest absolute Gasteiger partial charge is 0.502 e. The van der Waals surface area contributed by atoms with Crippen LogP contribution in [0.3, 0.4) is 0 Å². The highest BCUT2D eigenvalue weighted by Gasteiger charge is 2.24. The summed E-state index contributed by atoms with van der Waals surface area (Å²) < 4.78 is 0. The van der Waals surface area contributed by atoms with Gasteiger partial charge in [-0.25, -0.2) is 0 Å².